The van der Waals surface area contributed by atoms with Gasteiger partial charge in [-0.05, 0) is 55.5 Å². The van der Waals surface area contributed by atoms with Crippen LogP contribution in [0.25, 0.3) is 28.3 Å². The summed E-state index contributed by atoms with van der Waals surface area (Å²) in [6, 6.07) is 16.6. The van der Waals surface area contributed by atoms with Crippen LogP contribution in [-0.2, 0) is 0 Å². The largest absolute Gasteiger partial charge is 0.328 e. The summed E-state index contributed by atoms with van der Waals surface area (Å²) in [5, 5.41) is 7.73. The Kier molecular flexibility index (Phi) is 4.97. The van der Waals surface area contributed by atoms with E-state index in [9.17, 15) is 4.79 Å². The maximum Gasteiger partial charge on any atom is 0.247 e. The van der Waals surface area contributed by atoms with E-state index in [1.54, 1.807) is 41.7 Å². The number of aromatic amines is 1. The van der Waals surface area contributed by atoms with E-state index in [0.717, 1.165) is 28.2 Å². The van der Waals surface area contributed by atoms with Gasteiger partial charge in [-0.2, -0.15) is 0 Å². The molecule has 0 radical (unpaired) electrons. The van der Waals surface area contributed by atoms with Gasteiger partial charge in [0.25, 0.3) is 0 Å². The average molecular weight is 422 g/mol. The van der Waals surface area contributed by atoms with Crippen molar-refractivity contribution in [3.05, 3.63) is 95.6 Å². The van der Waals surface area contributed by atoms with Crippen LogP contribution in [0.2, 0.25) is 0 Å². The van der Waals surface area contributed by atoms with Crippen LogP contribution >= 0.6 is 0 Å². The van der Waals surface area contributed by atoms with Gasteiger partial charge in [0.05, 0.1) is 11.4 Å². The molecule has 0 fully saturated rings. The van der Waals surface area contributed by atoms with Gasteiger partial charge in [-0.15, -0.1) is 5.10 Å². The molecule has 5 rings (SSSR count). The third-order valence-corrected chi connectivity index (χ3v) is 4.78. The lowest BCUT2D eigenvalue weighted by Gasteiger charge is -2.07. The zero-order valence-corrected chi connectivity index (χ0v) is 17.1. The lowest BCUT2D eigenvalue weighted by Crippen LogP contribution is -2.03. The Labute approximate surface area is 182 Å². The van der Waals surface area contributed by atoms with Crippen LogP contribution < -0.4 is 10.9 Å². The molecule has 5 aromatic rings. The van der Waals surface area contributed by atoms with Gasteiger partial charge < -0.3 is 10.3 Å². The third-order valence-electron chi connectivity index (χ3n) is 4.78. The molecule has 0 spiro atoms. The van der Waals surface area contributed by atoms with E-state index < -0.39 is 0 Å². The first-order valence-corrected chi connectivity index (χ1v) is 9.88. The zero-order valence-electron chi connectivity index (χ0n) is 17.1. The molecule has 4 heterocycles. The van der Waals surface area contributed by atoms with Gasteiger partial charge in [0.15, 0.2) is 5.82 Å². The molecular formula is C23H18N8O. The maximum atomic E-state index is 11.3. The first-order chi connectivity index (χ1) is 15.6. The van der Waals surface area contributed by atoms with Crippen molar-refractivity contribution in [1.29, 1.82) is 0 Å². The molecule has 0 saturated carbocycles. The van der Waals surface area contributed by atoms with Crippen LogP contribution in [0.15, 0.2) is 84.3 Å². The van der Waals surface area contributed by atoms with Crippen molar-refractivity contribution in [3.63, 3.8) is 0 Å². The Bertz CT molecular complexity index is 1400. The fourth-order valence-electron chi connectivity index (χ4n) is 3.10. The predicted octanol–water partition coefficient (Wildman–Crippen LogP) is 3.53. The number of benzene rings is 1. The second-order valence-electron chi connectivity index (χ2n) is 7.08. The van der Waals surface area contributed by atoms with Gasteiger partial charge in [-0.25, -0.2) is 19.6 Å². The number of aryl methyl sites for hydroxylation is 1. The van der Waals surface area contributed by atoms with Crippen molar-refractivity contribution in [2.45, 2.75) is 6.92 Å². The summed E-state index contributed by atoms with van der Waals surface area (Å²) in [4.78, 5) is 31.4. The highest BCUT2D eigenvalue weighted by atomic mass is 16.1. The van der Waals surface area contributed by atoms with Crippen LogP contribution in [0.5, 0.6) is 0 Å². The van der Waals surface area contributed by atoms with Gasteiger partial charge >= 0.3 is 0 Å². The molecule has 2 N–H and O–H groups in total. The first kappa shape index (κ1) is 19.3. The molecule has 0 aliphatic rings. The minimum absolute atomic E-state index is 0.156. The Morgan fingerprint density at radius 2 is 1.75 bits per heavy atom. The number of pyridine rings is 2. The lowest BCUT2D eigenvalue weighted by atomic mass is 10.2. The molecule has 9 heteroatoms. The standard InChI is InChI=1S/C23H18N8O/c1-15-2-3-17(13-25-15)22-27-14-31(30-22)19-7-5-18(6-8-19)28-23-24-11-10-20(29-23)16-4-9-21(32)26-12-16/h2-14H,1H3,(H,26,32)(H,24,28,29). The number of nitrogens with zero attached hydrogens (tertiary/aromatic N) is 6. The molecule has 9 nitrogen and oxygen atoms in total. The molecule has 4 aromatic heterocycles. The van der Waals surface area contributed by atoms with E-state index in [2.05, 4.69) is 35.3 Å². The van der Waals surface area contributed by atoms with E-state index in [1.807, 2.05) is 43.3 Å². The van der Waals surface area contributed by atoms with Gasteiger partial charge in [0.2, 0.25) is 11.5 Å². The lowest BCUT2D eigenvalue weighted by molar-refractivity contribution is 0.882. The van der Waals surface area contributed by atoms with E-state index in [-0.39, 0.29) is 5.56 Å². The fourth-order valence-corrected chi connectivity index (χ4v) is 3.10. The van der Waals surface area contributed by atoms with Gasteiger partial charge in [0, 0.05) is 47.2 Å². The molecule has 156 valence electrons. The van der Waals surface area contributed by atoms with Crippen molar-refractivity contribution < 1.29 is 0 Å². The quantitative estimate of drug-likeness (QED) is 0.445. The number of nitrogens with one attached hydrogen (secondary N) is 2. The molecule has 32 heavy (non-hydrogen) atoms. The molecular weight excluding hydrogens is 404 g/mol. The van der Waals surface area contributed by atoms with Gasteiger partial charge in [-0.3, -0.25) is 9.78 Å². The Morgan fingerprint density at radius 1 is 0.906 bits per heavy atom. The summed E-state index contributed by atoms with van der Waals surface area (Å²) >= 11 is 0. The molecule has 0 unspecified atom stereocenters. The summed E-state index contributed by atoms with van der Waals surface area (Å²) in [6.45, 7) is 1.94. The molecule has 0 aliphatic heterocycles. The molecule has 1 aromatic carbocycles. The van der Waals surface area contributed by atoms with Crippen LogP contribution in [0.3, 0.4) is 0 Å². The van der Waals surface area contributed by atoms with E-state index in [1.165, 1.54) is 6.07 Å². The maximum absolute atomic E-state index is 11.3. The smallest absolute Gasteiger partial charge is 0.247 e. The molecule has 0 bridgehead atoms. The summed E-state index contributed by atoms with van der Waals surface area (Å²) in [6.07, 6.45) is 6.74. The second-order valence-corrected chi connectivity index (χ2v) is 7.08. The fraction of sp³-hybridized carbons (Fsp3) is 0.0435. The van der Waals surface area contributed by atoms with Crippen molar-refractivity contribution in [1.82, 2.24) is 34.7 Å². The van der Waals surface area contributed by atoms with Crippen LogP contribution in [-0.4, -0.2) is 34.7 Å². The summed E-state index contributed by atoms with van der Waals surface area (Å²) in [5.74, 6) is 1.07. The number of anilines is 2. The molecule has 0 amide bonds. The minimum atomic E-state index is -0.156. The monoisotopic (exact) mass is 422 g/mol. The Hall–Kier alpha value is -4.66. The van der Waals surface area contributed by atoms with E-state index in [0.29, 0.717) is 17.5 Å². The number of H-pyrrole nitrogens is 1. The van der Waals surface area contributed by atoms with Gasteiger partial charge in [0.1, 0.15) is 6.33 Å². The molecule has 0 saturated heterocycles. The van der Waals surface area contributed by atoms with E-state index in [4.69, 9.17) is 0 Å². The third kappa shape index (κ3) is 4.12. The number of rotatable bonds is 5. The highest BCUT2D eigenvalue weighted by Gasteiger charge is 2.07. The topological polar surface area (TPSA) is 114 Å². The highest BCUT2D eigenvalue weighted by Crippen LogP contribution is 2.20. The Balaban J connectivity index is 1.32. The SMILES string of the molecule is Cc1ccc(-c2ncn(-c3ccc(Nc4nccc(-c5ccc(=O)[nH]c5)n4)cc3)n2)cn1. The normalized spacial score (nSPS) is 10.8. The van der Waals surface area contributed by atoms with Crippen LogP contribution in [0, 0.1) is 6.92 Å². The highest BCUT2D eigenvalue weighted by molar-refractivity contribution is 5.61. The average Bonchev–Trinajstić information content (AvgIpc) is 3.31. The summed E-state index contributed by atoms with van der Waals surface area (Å²) in [7, 11) is 0. The number of hydrogen-bond donors (Lipinski definition) is 2. The predicted molar refractivity (Wildman–Crippen MR) is 121 cm³/mol. The van der Waals surface area contributed by atoms with Crippen molar-refractivity contribution >= 4 is 11.6 Å². The molecule has 0 atom stereocenters. The number of hydrogen-bond acceptors (Lipinski definition) is 7. The summed E-state index contributed by atoms with van der Waals surface area (Å²) in [5.41, 5.74) is 4.87. The second kappa shape index (κ2) is 8.23. The van der Waals surface area contributed by atoms with Crippen molar-refractivity contribution in [2.75, 3.05) is 5.32 Å². The zero-order chi connectivity index (χ0) is 21.9. The van der Waals surface area contributed by atoms with Crippen LogP contribution in [0.1, 0.15) is 5.69 Å². The van der Waals surface area contributed by atoms with Gasteiger partial charge in [-0.1, -0.05) is 0 Å². The van der Waals surface area contributed by atoms with Crippen LogP contribution in [0.4, 0.5) is 11.6 Å². The van der Waals surface area contributed by atoms with E-state index >= 15 is 0 Å². The molecule has 0 aliphatic carbocycles. The number of aromatic nitrogens is 7. The van der Waals surface area contributed by atoms with Crippen molar-refractivity contribution in [3.8, 4) is 28.3 Å². The van der Waals surface area contributed by atoms with Crippen molar-refractivity contribution in [2.24, 2.45) is 0 Å². The summed E-state index contributed by atoms with van der Waals surface area (Å²) < 4.78 is 1.71. The first-order valence-electron chi connectivity index (χ1n) is 9.88. The Morgan fingerprint density at radius 3 is 2.50 bits per heavy atom. The minimum Gasteiger partial charge on any atom is -0.328 e.